The van der Waals surface area contributed by atoms with Gasteiger partial charge in [0.2, 0.25) is 0 Å². The van der Waals surface area contributed by atoms with Crippen molar-refractivity contribution in [2.45, 2.75) is 0 Å². The highest BCUT2D eigenvalue weighted by Gasteiger charge is 2.28. The number of aliphatic hydroxyl groups excluding tert-OH is 1. The van der Waals surface area contributed by atoms with Crippen molar-refractivity contribution >= 4 is 11.5 Å². The molecule has 16 heavy (non-hydrogen) atoms. The van der Waals surface area contributed by atoms with Crippen LogP contribution in [-0.2, 0) is 4.79 Å². The molecule has 0 aromatic heterocycles. The summed E-state index contributed by atoms with van der Waals surface area (Å²) in [7, 11) is 3.22. The van der Waals surface area contributed by atoms with Crippen LogP contribution in [0.1, 0.15) is 5.56 Å². The minimum atomic E-state index is -0.161. The van der Waals surface area contributed by atoms with E-state index in [1.165, 1.54) is 4.90 Å². The fourth-order valence-electron chi connectivity index (χ4n) is 1.76. The highest BCUT2D eigenvalue weighted by Crippen LogP contribution is 2.27. The normalized spacial score (nSPS) is 15.9. The van der Waals surface area contributed by atoms with Gasteiger partial charge in [-0.25, -0.2) is 0 Å². The molecule has 0 fully saturated rings. The second-order valence-electron chi connectivity index (χ2n) is 3.71. The first-order valence-corrected chi connectivity index (χ1v) is 4.95. The van der Waals surface area contributed by atoms with Crippen LogP contribution in [-0.4, -0.2) is 36.6 Å². The van der Waals surface area contributed by atoms with Crippen LogP contribution in [0.3, 0.4) is 0 Å². The van der Waals surface area contributed by atoms with Crippen molar-refractivity contribution in [3.63, 3.8) is 0 Å². The smallest absolute Gasteiger partial charge is 0.258 e. The van der Waals surface area contributed by atoms with Gasteiger partial charge in [0.1, 0.15) is 11.5 Å². The minimum absolute atomic E-state index is 0.112. The number of methoxy groups -OCH3 is 1. The van der Waals surface area contributed by atoms with Gasteiger partial charge in [-0.2, -0.15) is 0 Å². The zero-order valence-corrected chi connectivity index (χ0v) is 9.23. The molecule has 1 aromatic carbocycles. The van der Waals surface area contributed by atoms with Gasteiger partial charge in [-0.15, -0.1) is 0 Å². The standard InChI is InChI=1S/C12H13NO3/c1-13-7-10(14)11(12(13)15)8-4-3-5-9(6-8)16-2/h3-6,14H,7H2,1-2H3. The number of benzene rings is 1. The van der Waals surface area contributed by atoms with Gasteiger partial charge in [0.15, 0.2) is 0 Å². The number of rotatable bonds is 2. The number of hydrogen-bond donors (Lipinski definition) is 1. The molecule has 0 aliphatic carbocycles. The molecule has 0 bridgehead atoms. The quantitative estimate of drug-likeness (QED) is 0.818. The van der Waals surface area contributed by atoms with Crippen LogP contribution >= 0.6 is 0 Å². The van der Waals surface area contributed by atoms with Gasteiger partial charge >= 0.3 is 0 Å². The lowest BCUT2D eigenvalue weighted by molar-refractivity contribution is -0.122. The predicted molar refractivity (Wildman–Crippen MR) is 60.2 cm³/mol. The third-order valence-corrected chi connectivity index (χ3v) is 2.59. The van der Waals surface area contributed by atoms with Crippen molar-refractivity contribution in [3.05, 3.63) is 35.6 Å². The summed E-state index contributed by atoms with van der Waals surface area (Å²) in [5.41, 5.74) is 1.05. The van der Waals surface area contributed by atoms with Gasteiger partial charge in [0.05, 0.1) is 19.2 Å². The van der Waals surface area contributed by atoms with E-state index in [0.29, 0.717) is 16.9 Å². The van der Waals surface area contributed by atoms with Gasteiger partial charge in [-0.1, -0.05) is 12.1 Å². The monoisotopic (exact) mass is 219 g/mol. The predicted octanol–water partition coefficient (Wildman–Crippen LogP) is 1.44. The molecule has 2 rings (SSSR count). The number of ether oxygens (including phenoxy) is 1. The topological polar surface area (TPSA) is 49.8 Å². The second kappa shape index (κ2) is 3.89. The molecule has 1 aliphatic rings. The fourth-order valence-corrected chi connectivity index (χ4v) is 1.76. The first kappa shape index (κ1) is 10.5. The number of amides is 1. The summed E-state index contributed by atoms with van der Waals surface area (Å²) in [6.07, 6.45) is 0. The molecule has 1 N–H and O–H groups in total. The van der Waals surface area contributed by atoms with Crippen molar-refractivity contribution in [3.8, 4) is 5.75 Å². The molecule has 4 heteroatoms. The van der Waals surface area contributed by atoms with Crippen LogP contribution in [0.4, 0.5) is 0 Å². The molecule has 0 saturated heterocycles. The Morgan fingerprint density at radius 3 is 2.75 bits per heavy atom. The molecular weight excluding hydrogens is 206 g/mol. The Morgan fingerprint density at radius 1 is 1.44 bits per heavy atom. The Labute approximate surface area is 93.8 Å². The van der Waals surface area contributed by atoms with E-state index in [0.717, 1.165) is 0 Å². The van der Waals surface area contributed by atoms with E-state index in [9.17, 15) is 9.90 Å². The number of aliphatic hydroxyl groups is 1. The largest absolute Gasteiger partial charge is 0.510 e. The van der Waals surface area contributed by atoms with E-state index in [1.54, 1.807) is 38.4 Å². The average Bonchev–Trinajstić information content (AvgIpc) is 2.53. The Kier molecular flexibility index (Phi) is 2.56. The van der Waals surface area contributed by atoms with Crippen LogP contribution in [0, 0.1) is 0 Å². The number of hydrogen-bond acceptors (Lipinski definition) is 3. The summed E-state index contributed by atoms with van der Waals surface area (Å²) < 4.78 is 5.08. The highest BCUT2D eigenvalue weighted by molar-refractivity contribution is 6.22. The molecular formula is C12H13NO3. The van der Waals surface area contributed by atoms with Crippen LogP contribution in [0.5, 0.6) is 5.75 Å². The van der Waals surface area contributed by atoms with Crippen LogP contribution in [0.15, 0.2) is 30.0 Å². The Balaban J connectivity index is 2.44. The third-order valence-electron chi connectivity index (χ3n) is 2.59. The summed E-state index contributed by atoms with van der Waals surface area (Å²) in [4.78, 5) is 13.3. The zero-order chi connectivity index (χ0) is 11.7. The lowest BCUT2D eigenvalue weighted by atomic mass is 10.1. The summed E-state index contributed by atoms with van der Waals surface area (Å²) >= 11 is 0. The molecule has 1 aromatic rings. The number of likely N-dealkylation sites (N-methyl/N-ethyl adjacent to an activating group) is 1. The number of carbonyl (C=O) groups excluding carboxylic acids is 1. The van der Waals surface area contributed by atoms with Crippen molar-refractivity contribution in [1.29, 1.82) is 0 Å². The highest BCUT2D eigenvalue weighted by atomic mass is 16.5. The van der Waals surface area contributed by atoms with Crippen LogP contribution in [0.2, 0.25) is 0 Å². The molecule has 4 nitrogen and oxygen atoms in total. The minimum Gasteiger partial charge on any atom is -0.510 e. The van der Waals surface area contributed by atoms with Crippen molar-refractivity contribution in [2.75, 3.05) is 20.7 Å². The fraction of sp³-hybridized carbons (Fsp3) is 0.250. The molecule has 1 amide bonds. The first-order chi connectivity index (χ1) is 7.63. The molecule has 0 saturated carbocycles. The number of carbonyl (C=O) groups is 1. The Hall–Kier alpha value is -1.97. The maximum absolute atomic E-state index is 11.8. The Morgan fingerprint density at radius 2 is 2.19 bits per heavy atom. The summed E-state index contributed by atoms with van der Waals surface area (Å²) in [6.45, 7) is 0.269. The van der Waals surface area contributed by atoms with Crippen molar-refractivity contribution in [2.24, 2.45) is 0 Å². The summed E-state index contributed by atoms with van der Waals surface area (Å²) in [6, 6.07) is 7.11. The second-order valence-corrected chi connectivity index (χ2v) is 3.71. The lowest BCUT2D eigenvalue weighted by Gasteiger charge is -2.08. The zero-order valence-electron chi connectivity index (χ0n) is 9.23. The van der Waals surface area contributed by atoms with E-state index in [4.69, 9.17) is 4.74 Å². The summed E-state index contributed by atoms with van der Waals surface area (Å²) in [5.74, 6) is 0.617. The van der Waals surface area contributed by atoms with Gasteiger partial charge in [0.25, 0.3) is 5.91 Å². The van der Waals surface area contributed by atoms with Crippen LogP contribution in [0.25, 0.3) is 5.57 Å². The van der Waals surface area contributed by atoms with E-state index in [1.807, 2.05) is 0 Å². The first-order valence-electron chi connectivity index (χ1n) is 4.95. The average molecular weight is 219 g/mol. The number of nitrogens with zero attached hydrogens (tertiary/aromatic N) is 1. The van der Waals surface area contributed by atoms with Crippen LogP contribution < -0.4 is 4.74 Å². The molecule has 0 unspecified atom stereocenters. The van der Waals surface area contributed by atoms with E-state index < -0.39 is 0 Å². The molecule has 0 atom stereocenters. The van der Waals surface area contributed by atoms with E-state index in [-0.39, 0.29) is 18.2 Å². The lowest BCUT2D eigenvalue weighted by Crippen LogP contribution is -2.21. The molecule has 1 aliphatic heterocycles. The van der Waals surface area contributed by atoms with Crippen molar-refractivity contribution < 1.29 is 14.6 Å². The van der Waals surface area contributed by atoms with Gasteiger partial charge < -0.3 is 14.7 Å². The maximum Gasteiger partial charge on any atom is 0.258 e. The molecule has 84 valence electrons. The van der Waals surface area contributed by atoms with E-state index >= 15 is 0 Å². The van der Waals surface area contributed by atoms with Gasteiger partial charge in [0, 0.05) is 7.05 Å². The maximum atomic E-state index is 11.8. The molecule has 0 radical (unpaired) electrons. The summed E-state index contributed by atoms with van der Waals surface area (Å²) in [5, 5.41) is 9.72. The molecule has 1 heterocycles. The third kappa shape index (κ3) is 1.62. The van der Waals surface area contributed by atoms with Gasteiger partial charge in [-0.3, -0.25) is 4.79 Å². The van der Waals surface area contributed by atoms with E-state index in [2.05, 4.69) is 0 Å². The van der Waals surface area contributed by atoms with Crippen molar-refractivity contribution in [1.82, 2.24) is 4.90 Å². The molecule has 0 spiro atoms. The Bertz CT molecular complexity index is 465. The SMILES string of the molecule is COc1cccc(C2=C(O)CN(C)C2=O)c1. The van der Waals surface area contributed by atoms with Gasteiger partial charge in [-0.05, 0) is 17.7 Å².